The number of ether oxygens (including phenoxy) is 2. The zero-order valence-electron chi connectivity index (χ0n) is 12.8. The third-order valence-electron chi connectivity index (χ3n) is 4.02. The number of carbonyl (C=O) groups is 1. The third kappa shape index (κ3) is 2.75. The highest BCUT2D eigenvalue weighted by Gasteiger charge is 2.14. The minimum Gasteiger partial charge on any atom is -0.497 e. The summed E-state index contributed by atoms with van der Waals surface area (Å²) in [6, 6.07) is 13.9. The predicted molar refractivity (Wildman–Crippen MR) is 87.0 cm³/mol. The molecule has 0 fully saturated rings. The molecule has 2 aromatic carbocycles. The topological polar surface area (TPSA) is 35.5 Å². The second kappa shape index (κ2) is 6.06. The van der Waals surface area contributed by atoms with Gasteiger partial charge in [0.25, 0.3) is 0 Å². The van der Waals surface area contributed by atoms with Gasteiger partial charge in [0.2, 0.25) is 0 Å². The quantitative estimate of drug-likeness (QED) is 0.804. The molecule has 0 unspecified atom stereocenters. The summed E-state index contributed by atoms with van der Waals surface area (Å²) in [5, 5.41) is 0. The van der Waals surface area contributed by atoms with Gasteiger partial charge in [0.15, 0.2) is 0 Å². The lowest BCUT2D eigenvalue weighted by molar-refractivity contribution is 0.0600. The van der Waals surface area contributed by atoms with Crippen LogP contribution in [0.5, 0.6) is 5.75 Å². The fourth-order valence-corrected chi connectivity index (χ4v) is 2.77. The van der Waals surface area contributed by atoms with Gasteiger partial charge in [-0.25, -0.2) is 4.79 Å². The zero-order chi connectivity index (χ0) is 15.5. The monoisotopic (exact) mass is 294 g/mol. The molecule has 0 atom stereocenters. The first-order chi connectivity index (χ1) is 10.7. The lowest BCUT2D eigenvalue weighted by atomic mass is 9.88. The maximum absolute atomic E-state index is 11.6. The van der Waals surface area contributed by atoms with Gasteiger partial charge in [-0.05, 0) is 59.4 Å². The average molecular weight is 294 g/mol. The second-order valence-corrected chi connectivity index (χ2v) is 5.30. The summed E-state index contributed by atoms with van der Waals surface area (Å²) >= 11 is 0. The lowest BCUT2D eigenvalue weighted by Gasteiger charge is -2.17. The fourth-order valence-electron chi connectivity index (χ4n) is 2.77. The first-order valence-corrected chi connectivity index (χ1v) is 7.27. The van der Waals surface area contributed by atoms with E-state index in [1.165, 1.54) is 29.4 Å². The highest BCUT2D eigenvalue weighted by molar-refractivity contribution is 5.91. The minimum absolute atomic E-state index is 0.285. The number of rotatable bonds is 3. The SMILES string of the molecule is COC(=O)c1ccc2c(c1)CCC(c1ccc(OC)cc1)=C2. The summed E-state index contributed by atoms with van der Waals surface area (Å²) < 4.78 is 9.97. The number of hydrogen-bond donors (Lipinski definition) is 0. The molecule has 0 bridgehead atoms. The molecule has 0 aromatic heterocycles. The van der Waals surface area contributed by atoms with E-state index >= 15 is 0 Å². The summed E-state index contributed by atoms with van der Waals surface area (Å²) in [7, 11) is 3.08. The Kier molecular flexibility index (Phi) is 3.96. The molecule has 112 valence electrons. The first kappa shape index (κ1) is 14.4. The van der Waals surface area contributed by atoms with Crippen LogP contribution in [0.25, 0.3) is 11.6 Å². The number of esters is 1. The van der Waals surface area contributed by atoms with Crippen molar-refractivity contribution in [2.24, 2.45) is 0 Å². The van der Waals surface area contributed by atoms with Crippen molar-refractivity contribution in [1.82, 2.24) is 0 Å². The maximum Gasteiger partial charge on any atom is 0.337 e. The van der Waals surface area contributed by atoms with Crippen LogP contribution in [0.15, 0.2) is 42.5 Å². The molecule has 0 amide bonds. The lowest BCUT2D eigenvalue weighted by Crippen LogP contribution is -2.05. The molecule has 1 aliphatic rings. The second-order valence-electron chi connectivity index (χ2n) is 5.30. The Balaban J connectivity index is 1.91. The summed E-state index contributed by atoms with van der Waals surface area (Å²) in [5.74, 6) is 0.580. The molecule has 3 heteroatoms. The highest BCUT2D eigenvalue weighted by atomic mass is 16.5. The van der Waals surface area contributed by atoms with Crippen molar-refractivity contribution in [2.45, 2.75) is 12.8 Å². The Bertz CT molecular complexity index is 727. The maximum atomic E-state index is 11.6. The minimum atomic E-state index is -0.285. The van der Waals surface area contributed by atoms with Gasteiger partial charge in [-0.2, -0.15) is 0 Å². The number of allylic oxidation sites excluding steroid dienone is 1. The Labute approximate surface area is 130 Å². The number of carbonyl (C=O) groups excluding carboxylic acids is 1. The summed E-state index contributed by atoms with van der Waals surface area (Å²) in [6.07, 6.45) is 4.09. The van der Waals surface area contributed by atoms with Crippen LogP contribution in [0.3, 0.4) is 0 Å². The van der Waals surface area contributed by atoms with Crippen LogP contribution in [0.2, 0.25) is 0 Å². The van der Waals surface area contributed by atoms with Crippen LogP contribution in [0.4, 0.5) is 0 Å². The van der Waals surface area contributed by atoms with Crippen molar-refractivity contribution < 1.29 is 14.3 Å². The molecule has 0 aliphatic heterocycles. The Morgan fingerprint density at radius 1 is 1.00 bits per heavy atom. The van der Waals surface area contributed by atoms with E-state index in [0.717, 1.165) is 18.6 Å². The molecule has 1 aliphatic carbocycles. The van der Waals surface area contributed by atoms with Crippen molar-refractivity contribution in [3.8, 4) is 5.75 Å². The predicted octanol–water partition coefficient (Wildman–Crippen LogP) is 3.97. The molecular weight excluding hydrogens is 276 g/mol. The van der Waals surface area contributed by atoms with Crippen molar-refractivity contribution >= 4 is 17.6 Å². The molecule has 0 heterocycles. The molecule has 0 N–H and O–H groups in total. The van der Waals surface area contributed by atoms with Gasteiger partial charge >= 0.3 is 5.97 Å². The standard InChI is InChI=1S/C19H18O3/c1-21-18-9-7-13(8-10-18)14-3-4-16-12-17(19(20)22-2)6-5-15(16)11-14/h5-12H,3-4H2,1-2H3. The fraction of sp³-hybridized carbons (Fsp3) is 0.211. The van der Waals surface area contributed by atoms with Crippen LogP contribution in [-0.4, -0.2) is 20.2 Å². The smallest absolute Gasteiger partial charge is 0.337 e. The molecule has 0 radical (unpaired) electrons. The molecule has 2 aromatic rings. The molecule has 0 saturated heterocycles. The first-order valence-electron chi connectivity index (χ1n) is 7.27. The van der Waals surface area contributed by atoms with Crippen molar-refractivity contribution in [3.63, 3.8) is 0 Å². The van der Waals surface area contributed by atoms with E-state index in [9.17, 15) is 4.79 Å². The van der Waals surface area contributed by atoms with Gasteiger partial charge in [-0.1, -0.05) is 24.3 Å². The van der Waals surface area contributed by atoms with E-state index in [0.29, 0.717) is 5.56 Å². The number of hydrogen-bond acceptors (Lipinski definition) is 3. The number of fused-ring (bicyclic) bond motifs is 1. The van der Waals surface area contributed by atoms with Gasteiger partial charge in [0, 0.05) is 0 Å². The van der Waals surface area contributed by atoms with Crippen LogP contribution in [0.1, 0.15) is 33.5 Å². The highest BCUT2D eigenvalue weighted by Crippen LogP contribution is 2.31. The Morgan fingerprint density at radius 3 is 2.45 bits per heavy atom. The van der Waals surface area contributed by atoms with Gasteiger partial charge in [-0.3, -0.25) is 0 Å². The summed E-state index contributed by atoms with van der Waals surface area (Å²) in [5.41, 5.74) is 5.50. The largest absolute Gasteiger partial charge is 0.497 e. The van der Waals surface area contributed by atoms with E-state index in [2.05, 4.69) is 18.2 Å². The van der Waals surface area contributed by atoms with E-state index in [1.807, 2.05) is 30.3 Å². The molecule has 3 nitrogen and oxygen atoms in total. The van der Waals surface area contributed by atoms with Gasteiger partial charge in [-0.15, -0.1) is 0 Å². The van der Waals surface area contributed by atoms with E-state index in [-0.39, 0.29) is 5.97 Å². The van der Waals surface area contributed by atoms with Gasteiger partial charge < -0.3 is 9.47 Å². The van der Waals surface area contributed by atoms with E-state index < -0.39 is 0 Å². The molecular formula is C19H18O3. The van der Waals surface area contributed by atoms with Crippen LogP contribution < -0.4 is 4.74 Å². The number of methoxy groups -OCH3 is 2. The molecule has 22 heavy (non-hydrogen) atoms. The van der Waals surface area contributed by atoms with Crippen LogP contribution in [-0.2, 0) is 11.2 Å². The van der Waals surface area contributed by atoms with Crippen molar-refractivity contribution in [2.75, 3.05) is 14.2 Å². The number of aryl methyl sites for hydroxylation is 1. The molecule has 0 spiro atoms. The normalized spacial score (nSPS) is 13.1. The van der Waals surface area contributed by atoms with E-state index in [4.69, 9.17) is 9.47 Å². The van der Waals surface area contributed by atoms with E-state index in [1.54, 1.807) is 7.11 Å². The van der Waals surface area contributed by atoms with Crippen LogP contribution >= 0.6 is 0 Å². The third-order valence-corrected chi connectivity index (χ3v) is 4.02. The average Bonchev–Trinajstić information content (AvgIpc) is 2.60. The Morgan fingerprint density at radius 2 is 1.77 bits per heavy atom. The molecule has 3 rings (SSSR count). The van der Waals surface area contributed by atoms with Gasteiger partial charge in [0.05, 0.1) is 19.8 Å². The number of benzene rings is 2. The molecule has 0 saturated carbocycles. The van der Waals surface area contributed by atoms with Crippen LogP contribution in [0, 0.1) is 0 Å². The Hall–Kier alpha value is -2.55. The van der Waals surface area contributed by atoms with Crippen molar-refractivity contribution in [3.05, 3.63) is 64.7 Å². The van der Waals surface area contributed by atoms with Crippen molar-refractivity contribution in [1.29, 1.82) is 0 Å². The zero-order valence-corrected chi connectivity index (χ0v) is 12.8. The summed E-state index contributed by atoms with van der Waals surface area (Å²) in [6.45, 7) is 0. The summed E-state index contributed by atoms with van der Waals surface area (Å²) in [4.78, 5) is 11.6. The van der Waals surface area contributed by atoms with Gasteiger partial charge in [0.1, 0.15) is 5.75 Å².